The molecule has 2 N–H and O–H groups in total. The third-order valence-electron chi connectivity index (χ3n) is 4.38. The molecule has 0 spiro atoms. The molecule has 2 aromatic rings. The minimum atomic E-state index is 0. The third-order valence-corrected chi connectivity index (χ3v) is 4.38. The molecule has 7 nitrogen and oxygen atoms in total. The predicted octanol–water partition coefficient (Wildman–Crippen LogP) is 2.99. The standard InChI is InChI=1S/C18H28N6O.HI/c1-5-19-18(20-10-16-8-13(4)23-25-16)21-15-7-6-14-11-24(12(2)3)22-17(14)9-15;/h8,11-12,15H,5-7,9-10H2,1-4H3,(H2,19,20,21);1H. The highest BCUT2D eigenvalue weighted by Crippen LogP contribution is 2.21. The first-order valence-corrected chi connectivity index (χ1v) is 9.09. The van der Waals surface area contributed by atoms with E-state index in [0.717, 1.165) is 43.2 Å². The average molecular weight is 472 g/mol. The number of nitrogens with zero attached hydrogens (tertiary/aromatic N) is 4. The van der Waals surface area contributed by atoms with E-state index in [2.05, 4.69) is 52.4 Å². The Morgan fingerprint density at radius 3 is 2.92 bits per heavy atom. The van der Waals surface area contributed by atoms with Crippen molar-refractivity contribution in [2.45, 2.75) is 65.6 Å². The Morgan fingerprint density at radius 1 is 1.46 bits per heavy atom. The Kier molecular flexibility index (Phi) is 7.48. The summed E-state index contributed by atoms with van der Waals surface area (Å²) < 4.78 is 7.30. The molecule has 144 valence electrons. The first kappa shape index (κ1) is 20.7. The van der Waals surface area contributed by atoms with Gasteiger partial charge in [0.05, 0.1) is 11.4 Å². The highest BCUT2D eigenvalue weighted by Gasteiger charge is 2.23. The number of aryl methyl sites for hydroxylation is 2. The van der Waals surface area contributed by atoms with Crippen LogP contribution in [0.1, 0.15) is 55.9 Å². The maximum Gasteiger partial charge on any atom is 0.191 e. The van der Waals surface area contributed by atoms with Crippen molar-refractivity contribution in [3.63, 3.8) is 0 Å². The summed E-state index contributed by atoms with van der Waals surface area (Å²) in [7, 11) is 0. The van der Waals surface area contributed by atoms with Crippen molar-refractivity contribution in [3.05, 3.63) is 35.0 Å². The highest BCUT2D eigenvalue weighted by atomic mass is 127. The lowest BCUT2D eigenvalue weighted by Gasteiger charge is -2.24. The zero-order chi connectivity index (χ0) is 17.8. The van der Waals surface area contributed by atoms with Gasteiger partial charge in [-0.25, -0.2) is 4.99 Å². The summed E-state index contributed by atoms with van der Waals surface area (Å²) in [6.07, 6.45) is 5.27. The van der Waals surface area contributed by atoms with Crippen LogP contribution in [0.4, 0.5) is 0 Å². The first-order valence-electron chi connectivity index (χ1n) is 9.09. The van der Waals surface area contributed by atoms with E-state index >= 15 is 0 Å². The summed E-state index contributed by atoms with van der Waals surface area (Å²) in [5.74, 6) is 1.59. The molecule has 0 saturated carbocycles. The van der Waals surface area contributed by atoms with Crippen molar-refractivity contribution >= 4 is 29.9 Å². The minimum absolute atomic E-state index is 0. The van der Waals surface area contributed by atoms with Crippen molar-refractivity contribution in [1.29, 1.82) is 0 Å². The SMILES string of the molecule is CCNC(=NCc1cc(C)no1)NC1CCc2cn(C(C)C)nc2C1.I. The number of hydrogen-bond acceptors (Lipinski definition) is 4. The van der Waals surface area contributed by atoms with Gasteiger partial charge in [-0.3, -0.25) is 4.68 Å². The van der Waals surface area contributed by atoms with Crippen LogP contribution in [-0.2, 0) is 19.4 Å². The van der Waals surface area contributed by atoms with Gasteiger partial charge in [0, 0.05) is 37.3 Å². The summed E-state index contributed by atoms with van der Waals surface area (Å²) in [6.45, 7) is 9.61. The molecule has 0 aromatic carbocycles. The molecule has 1 aliphatic rings. The van der Waals surface area contributed by atoms with Crippen LogP contribution in [0.25, 0.3) is 0 Å². The summed E-state index contributed by atoms with van der Waals surface area (Å²) in [5, 5.41) is 15.5. The van der Waals surface area contributed by atoms with Crippen LogP contribution in [0.2, 0.25) is 0 Å². The monoisotopic (exact) mass is 472 g/mol. The molecule has 0 amide bonds. The van der Waals surface area contributed by atoms with Crippen molar-refractivity contribution < 1.29 is 4.52 Å². The molecule has 0 bridgehead atoms. The van der Waals surface area contributed by atoms with Gasteiger partial charge in [0.2, 0.25) is 0 Å². The van der Waals surface area contributed by atoms with Crippen LogP contribution in [-0.4, -0.2) is 33.5 Å². The number of guanidine groups is 1. The fourth-order valence-electron chi connectivity index (χ4n) is 3.06. The number of aromatic nitrogens is 3. The molecular weight excluding hydrogens is 443 g/mol. The molecule has 1 aliphatic carbocycles. The van der Waals surface area contributed by atoms with E-state index in [9.17, 15) is 0 Å². The first-order chi connectivity index (χ1) is 12.0. The van der Waals surface area contributed by atoms with Gasteiger partial charge in [-0.2, -0.15) is 5.10 Å². The largest absolute Gasteiger partial charge is 0.359 e. The van der Waals surface area contributed by atoms with E-state index < -0.39 is 0 Å². The Bertz CT molecular complexity index is 736. The van der Waals surface area contributed by atoms with Gasteiger partial charge in [0.1, 0.15) is 6.54 Å². The molecule has 26 heavy (non-hydrogen) atoms. The zero-order valence-corrected chi connectivity index (χ0v) is 18.3. The topological polar surface area (TPSA) is 80.3 Å². The summed E-state index contributed by atoms with van der Waals surface area (Å²) in [6, 6.07) is 2.66. The molecule has 0 aliphatic heterocycles. The van der Waals surface area contributed by atoms with E-state index in [1.807, 2.05) is 13.0 Å². The van der Waals surface area contributed by atoms with E-state index in [-0.39, 0.29) is 24.0 Å². The van der Waals surface area contributed by atoms with Gasteiger partial charge < -0.3 is 15.2 Å². The molecule has 3 rings (SSSR count). The van der Waals surface area contributed by atoms with E-state index in [4.69, 9.17) is 9.62 Å². The van der Waals surface area contributed by atoms with Gasteiger partial charge in [-0.05, 0) is 46.1 Å². The third kappa shape index (κ3) is 5.21. The van der Waals surface area contributed by atoms with E-state index in [1.54, 1.807) is 0 Å². The minimum Gasteiger partial charge on any atom is -0.359 e. The number of nitrogens with one attached hydrogen (secondary N) is 2. The molecule has 2 aromatic heterocycles. The molecular formula is C18H29IN6O. The summed E-state index contributed by atoms with van der Waals surface area (Å²) in [5.41, 5.74) is 3.47. The van der Waals surface area contributed by atoms with E-state index in [0.29, 0.717) is 18.6 Å². The predicted molar refractivity (Wildman–Crippen MR) is 113 cm³/mol. The number of halogens is 1. The lowest BCUT2D eigenvalue weighted by molar-refractivity contribution is 0.381. The second kappa shape index (κ2) is 9.38. The number of hydrogen-bond donors (Lipinski definition) is 2. The normalized spacial score (nSPS) is 17.0. The van der Waals surface area contributed by atoms with Crippen LogP contribution in [0.15, 0.2) is 21.8 Å². The molecule has 0 fully saturated rings. The maximum absolute atomic E-state index is 5.23. The number of rotatable bonds is 5. The van der Waals surface area contributed by atoms with Crippen molar-refractivity contribution in [2.24, 2.45) is 4.99 Å². The van der Waals surface area contributed by atoms with Gasteiger partial charge >= 0.3 is 0 Å². The van der Waals surface area contributed by atoms with Gasteiger partial charge in [0.25, 0.3) is 0 Å². The Hall–Kier alpha value is -1.58. The van der Waals surface area contributed by atoms with E-state index in [1.165, 1.54) is 11.3 Å². The maximum atomic E-state index is 5.23. The zero-order valence-electron chi connectivity index (χ0n) is 16.0. The van der Waals surface area contributed by atoms with Gasteiger partial charge in [0.15, 0.2) is 11.7 Å². The van der Waals surface area contributed by atoms with Crippen molar-refractivity contribution in [3.8, 4) is 0 Å². The lowest BCUT2D eigenvalue weighted by atomic mass is 9.94. The lowest BCUT2D eigenvalue weighted by Crippen LogP contribution is -2.45. The van der Waals surface area contributed by atoms with Crippen molar-refractivity contribution in [2.75, 3.05) is 6.54 Å². The summed E-state index contributed by atoms with van der Waals surface area (Å²) >= 11 is 0. The molecule has 1 atom stereocenters. The van der Waals surface area contributed by atoms with Crippen molar-refractivity contribution in [1.82, 2.24) is 25.6 Å². The Morgan fingerprint density at radius 2 is 2.27 bits per heavy atom. The molecule has 1 unspecified atom stereocenters. The van der Waals surface area contributed by atoms with Gasteiger partial charge in [-0.15, -0.1) is 24.0 Å². The molecule has 2 heterocycles. The van der Waals surface area contributed by atoms with Crippen LogP contribution < -0.4 is 10.6 Å². The second-order valence-electron chi connectivity index (χ2n) is 6.89. The fourth-order valence-corrected chi connectivity index (χ4v) is 3.06. The fraction of sp³-hybridized carbons (Fsp3) is 0.611. The number of fused-ring (bicyclic) bond motifs is 1. The Balaban J connectivity index is 0.00000243. The smallest absolute Gasteiger partial charge is 0.191 e. The Labute approximate surface area is 172 Å². The van der Waals surface area contributed by atoms with Gasteiger partial charge in [-0.1, -0.05) is 5.16 Å². The van der Waals surface area contributed by atoms with Crippen LogP contribution >= 0.6 is 24.0 Å². The molecule has 0 radical (unpaired) electrons. The number of aliphatic imine (C=N–C) groups is 1. The molecule has 0 saturated heterocycles. The second-order valence-corrected chi connectivity index (χ2v) is 6.89. The van der Waals surface area contributed by atoms with Crippen LogP contribution in [0.5, 0.6) is 0 Å². The average Bonchev–Trinajstić information content (AvgIpc) is 3.18. The summed E-state index contributed by atoms with van der Waals surface area (Å²) in [4.78, 5) is 4.62. The quantitative estimate of drug-likeness (QED) is 0.398. The molecule has 8 heteroatoms. The highest BCUT2D eigenvalue weighted by molar-refractivity contribution is 14.0. The van der Waals surface area contributed by atoms with Crippen LogP contribution in [0, 0.1) is 6.92 Å². The van der Waals surface area contributed by atoms with Crippen LogP contribution in [0.3, 0.4) is 0 Å².